The quantitative estimate of drug-likeness (QED) is 0.838. The zero-order chi connectivity index (χ0) is 15.4. The Balaban J connectivity index is 1.95. The SMILES string of the molecule is CCn1nc(C)c(Br)c1CNCc1ccc(C(C)C)cc1. The van der Waals surface area contributed by atoms with Gasteiger partial charge in [0.15, 0.2) is 0 Å². The van der Waals surface area contributed by atoms with Gasteiger partial charge >= 0.3 is 0 Å². The minimum Gasteiger partial charge on any atom is -0.307 e. The molecule has 0 aliphatic carbocycles. The number of benzene rings is 1. The maximum Gasteiger partial charge on any atom is 0.0739 e. The van der Waals surface area contributed by atoms with Crippen molar-refractivity contribution < 1.29 is 0 Å². The fourth-order valence-electron chi connectivity index (χ4n) is 2.38. The molecule has 0 saturated heterocycles. The van der Waals surface area contributed by atoms with Crippen molar-refractivity contribution in [2.24, 2.45) is 0 Å². The Morgan fingerprint density at radius 1 is 1.19 bits per heavy atom. The first kappa shape index (κ1) is 16.2. The fraction of sp³-hybridized carbons (Fsp3) is 0.471. The third-order valence-electron chi connectivity index (χ3n) is 3.72. The summed E-state index contributed by atoms with van der Waals surface area (Å²) in [6.45, 7) is 11.2. The van der Waals surface area contributed by atoms with Crippen LogP contribution in [0.4, 0.5) is 0 Å². The number of hydrogen-bond donors (Lipinski definition) is 1. The van der Waals surface area contributed by atoms with Crippen LogP contribution in [0.25, 0.3) is 0 Å². The van der Waals surface area contributed by atoms with Gasteiger partial charge in [0.25, 0.3) is 0 Å². The average molecular weight is 350 g/mol. The molecule has 0 amide bonds. The first-order valence-corrected chi connectivity index (χ1v) is 8.33. The standard InChI is InChI=1S/C17H24BrN3/c1-5-21-16(17(18)13(4)20-21)11-19-10-14-6-8-15(9-7-14)12(2)3/h6-9,12,19H,5,10-11H2,1-4H3. The molecule has 1 aromatic heterocycles. The van der Waals surface area contributed by atoms with Gasteiger partial charge in [-0.2, -0.15) is 5.10 Å². The third-order valence-corrected chi connectivity index (χ3v) is 4.75. The Bertz CT molecular complexity index is 585. The van der Waals surface area contributed by atoms with Crippen LogP contribution in [-0.2, 0) is 19.6 Å². The summed E-state index contributed by atoms with van der Waals surface area (Å²) in [4.78, 5) is 0. The molecular weight excluding hydrogens is 326 g/mol. The minimum atomic E-state index is 0.588. The molecule has 0 aliphatic rings. The molecule has 2 rings (SSSR count). The average Bonchev–Trinajstić information content (AvgIpc) is 2.75. The monoisotopic (exact) mass is 349 g/mol. The Hall–Kier alpha value is -1.13. The highest BCUT2D eigenvalue weighted by molar-refractivity contribution is 9.10. The molecule has 0 bridgehead atoms. The molecule has 0 radical (unpaired) electrons. The van der Waals surface area contributed by atoms with Crippen molar-refractivity contribution in [2.75, 3.05) is 0 Å². The molecule has 1 heterocycles. The van der Waals surface area contributed by atoms with Crippen molar-refractivity contribution in [2.45, 2.75) is 53.2 Å². The predicted octanol–water partition coefficient (Wildman–Crippen LogP) is 4.39. The van der Waals surface area contributed by atoms with Crippen LogP contribution >= 0.6 is 15.9 Å². The van der Waals surface area contributed by atoms with E-state index in [0.717, 1.165) is 29.8 Å². The lowest BCUT2D eigenvalue weighted by molar-refractivity contribution is 0.578. The van der Waals surface area contributed by atoms with Gasteiger partial charge in [0, 0.05) is 19.6 Å². The summed E-state index contributed by atoms with van der Waals surface area (Å²) in [5, 5.41) is 8.02. The molecule has 0 spiro atoms. The van der Waals surface area contributed by atoms with E-state index in [9.17, 15) is 0 Å². The van der Waals surface area contributed by atoms with Gasteiger partial charge in [0.1, 0.15) is 0 Å². The van der Waals surface area contributed by atoms with E-state index in [-0.39, 0.29) is 0 Å². The van der Waals surface area contributed by atoms with E-state index in [2.05, 4.69) is 71.4 Å². The van der Waals surface area contributed by atoms with Crippen LogP contribution < -0.4 is 5.32 Å². The van der Waals surface area contributed by atoms with Crippen LogP contribution in [0.2, 0.25) is 0 Å². The fourth-order valence-corrected chi connectivity index (χ4v) is 2.81. The van der Waals surface area contributed by atoms with E-state index in [1.165, 1.54) is 16.8 Å². The summed E-state index contributed by atoms with van der Waals surface area (Å²) < 4.78 is 3.17. The van der Waals surface area contributed by atoms with Gasteiger partial charge in [0.2, 0.25) is 0 Å². The van der Waals surface area contributed by atoms with E-state index >= 15 is 0 Å². The Kier molecular flexibility index (Phi) is 5.59. The molecule has 1 aromatic carbocycles. The van der Waals surface area contributed by atoms with Crippen LogP contribution in [0.15, 0.2) is 28.7 Å². The topological polar surface area (TPSA) is 29.9 Å². The Labute approximate surface area is 135 Å². The normalized spacial score (nSPS) is 11.3. The number of aryl methyl sites for hydroxylation is 2. The summed E-state index contributed by atoms with van der Waals surface area (Å²) in [6.07, 6.45) is 0. The number of nitrogens with zero attached hydrogens (tertiary/aromatic N) is 2. The maximum atomic E-state index is 4.52. The summed E-state index contributed by atoms with van der Waals surface area (Å²) >= 11 is 3.63. The van der Waals surface area contributed by atoms with Gasteiger partial charge < -0.3 is 5.32 Å². The Morgan fingerprint density at radius 3 is 2.43 bits per heavy atom. The number of halogens is 1. The highest BCUT2D eigenvalue weighted by Gasteiger charge is 2.11. The molecule has 3 nitrogen and oxygen atoms in total. The van der Waals surface area contributed by atoms with E-state index in [4.69, 9.17) is 0 Å². The molecule has 4 heteroatoms. The summed E-state index contributed by atoms with van der Waals surface area (Å²) in [7, 11) is 0. The van der Waals surface area contributed by atoms with Crippen LogP contribution in [0.5, 0.6) is 0 Å². The van der Waals surface area contributed by atoms with E-state index in [1.54, 1.807) is 0 Å². The van der Waals surface area contributed by atoms with E-state index < -0.39 is 0 Å². The van der Waals surface area contributed by atoms with Crippen molar-refractivity contribution in [3.63, 3.8) is 0 Å². The number of rotatable bonds is 6. The van der Waals surface area contributed by atoms with Gasteiger partial charge in [-0.3, -0.25) is 4.68 Å². The van der Waals surface area contributed by atoms with E-state index in [0.29, 0.717) is 5.92 Å². The summed E-state index contributed by atoms with van der Waals surface area (Å²) in [6, 6.07) is 8.86. The van der Waals surface area contributed by atoms with Gasteiger partial charge in [-0.25, -0.2) is 0 Å². The lowest BCUT2D eigenvalue weighted by Gasteiger charge is -2.09. The third kappa shape index (κ3) is 3.95. The van der Waals surface area contributed by atoms with Crippen LogP contribution in [0.3, 0.4) is 0 Å². The number of hydrogen-bond acceptors (Lipinski definition) is 2. The molecule has 1 N–H and O–H groups in total. The van der Waals surface area contributed by atoms with Crippen molar-refractivity contribution in [3.05, 3.63) is 51.3 Å². The van der Waals surface area contributed by atoms with Crippen molar-refractivity contribution in [3.8, 4) is 0 Å². The molecule has 0 fully saturated rings. The predicted molar refractivity (Wildman–Crippen MR) is 91.4 cm³/mol. The van der Waals surface area contributed by atoms with Crippen LogP contribution in [-0.4, -0.2) is 9.78 Å². The molecule has 114 valence electrons. The van der Waals surface area contributed by atoms with Gasteiger partial charge in [-0.15, -0.1) is 0 Å². The highest BCUT2D eigenvalue weighted by Crippen LogP contribution is 2.21. The van der Waals surface area contributed by atoms with Crippen LogP contribution in [0.1, 0.15) is 49.2 Å². The second-order valence-electron chi connectivity index (χ2n) is 5.66. The van der Waals surface area contributed by atoms with Gasteiger partial charge in [-0.1, -0.05) is 38.1 Å². The highest BCUT2D eigenvalue weighted by atomic mass is 79.9. The molecular formula is C17H24BrN3. The lowest BCUT2D eigenvalue weighted by atomic mass is 10.0. The smallest absolute Gasteiger partial charge is 0.0739 e. The molecule has 0 atom stereocenters. The molecule has 0 aliphatic heterocycles. The second-order valence-corrected chi connectivity index (χ2v) is 6.45. The molecule has 21 heavy (non-hydrogen) atoms. The zero-order valence-corrected chi connectivity index (χ0v) is 14.9. The number of aromatic nitrogens is 2. The number of nitrogens with one attached hydrogen (secondary N) is 1. The largest absolute Gasteiger partial charge is 0.307 e. The first-order chi connectivity index (χ1) is 10.0. The zero-order valence-electron chi connectivity index (χ0n) is 13.3. The Morgan fingerprint density at radius 2 is 1.86 bits per heavy atom. The summed E-state index contributed by atoms with van der Waals surface area (Å²) in [5.74, 6) is 0.588. The second kappa shape index (κ2) is 7.23. The van der Waals surface area contributed by atoms with E-state index in [1.807, 2.05) is 11.6 Å². The first-order valence-electron chi connectivity index (χ1n) is 7.54. The van der Waals surface area contributed by atoms with Crippen molar-refractivity contribution in [1.82, 2.24) is 15.1 Å². The minimum absolute atomic E-state index is 0.588. The molecule has 0 saturated carbocycles. The van der Waals surface area contributed by atoms with Gasteiger partial charge in [-0.05, 0) is 46.8 Å². The van der Waals surface area contributed by atoms with Crippen molar-refractivity contribution in [1.29, 1.82) is 0 Å². The molecule has 0 unspecified atom stereocenters. The maximum absolute atomic E-state index is 4.52. The summed E-state index contributed by atoms with van der Waals surface area (Å²) in [5.41, 5.74) is 4.97. The van der Waals surface area contributed by atoms with Crippen LogP contribution in [0, 0.1) is 6.92 Å². The van der Waals surface area contributed by atoms with Gasteiger partial charge in [0.05, 0.1) is 15.9 Å². The van der Waals surface area contributed by atoms with Crippen molar-refractivity contribution >= 4 is 15.9 Å². The molecule has 2 aromatic rings. The lowest BCUT2D eigenvalue weighted by Crippen LogP contribution is -2.16.